The van der Waals surface area contributed by atoms with E-state index in [2.05, 4.69) is 41.7 Å². The molecule has 0 N–H and O–H groups in total. The summed E-state index contributed by atoms with van der Waals surface area (Å²) in [6.45, 7) is 0. The molecule has 3 rings (SSSR count). The lowest BCUT2D eigenvalue weighted by molar-refractivity contribution is 0.684. The molecule has 1 fully saturated rings. The van der Waals surface area contributed by atoms with E-state index in [9.17, 15) is 0 Å². The van der Waals surface area contributed by atoms with Crippen LogP contribution < -0.4 is 0 Å². The molecule has 0 amide bonds. The summed E-state index contributed by atoms with van der Waals surface area (Å²) in [5, 5.41) is 0. The van der Waals surface area contributed by atoms with Crippen molar-refractivity contribution in [1.82, 2.24) is 0 Å². The Morgan fingerprint density at radius 1 is 0.941 bits per heavy atom. The maximum absolute atomic E-state index is 2.49. The summed E-state index contributed by atoms with van der Waals surface area (Å²) in [4.78, 5) is 0. The highest BCUT2D eigenvalue weighted by molar-refractivity contribution is 8.17. The monoisotopic (exact) mass is 264 g/mol. The highest BCUT2D eigenvalue weighted by Crippen LogP contribution is 2.33. The molecule has 1 aromatic rings. The van der Waals surface area contributed by atoms with Crippen LogP contribution in [0.5, 0.6) is 0 Å². The Kier molecular flexibility index (Phi) is 4.02. The molecule has 1 aromatic carbocycles. The molecule has 1 aliphatic heterocycles. The third-order valence-corrected chi connectivity index (χ3v) is 6.65. The second kappa shape index (κ2) is 5.71. The largest absolute Gasteiger partial charge is 0.147 e. The van der Waals surface area contributed by atoms with Crippen LogP contribution in [0.15, 0.2) is 18.2 Å². The van der Waals surface area contributed by atoms with Crippen molar-refractivity contribution >= 4 is 23.5 Å². The zero-order valence-corrected chi connectivity index (χ0v) is 11.9. The summed E-state index contributed by atoms with van der Waals surface area (Å²) >= 11 is 4.32. The van der Waals surface area contributed by atoms with Crippen molar-refractivity contribution in [1.29, 1.82) is 0 Å². The van der Waals surface area contributed by atoms with Crippen LogP contribution >= 0.6 is 23.5 Å². The van der Waals surface area contributed by atoms with Gasteiger partial charge in [-0.1, -0.05) is 18.2 Å². The molecule has 17 heavy (non-hydrogen) atoms. The van der Waals surface area contributed by atoms with Crippen molar-refractivity contribution in [3.8, 4) is 0 Å². The van der Waals surface area contributed by atoms with Gasteiger partial charge in [0.2, 0.25) is 0 Å². The summed E-state index contributed by atoms with van der Waals surface area (Å²) in [7, 11) is 0. The second-order valence-electron chi connectivity index (χ2n) is 5.04. The molecule has 2 aliphatic rings. The van der Waals surface area contributed by atoms with Crippen LogP contribution in [0.1, 0.15) is 36.0 Å². The highest BCUT2D eigenvalue weighted by Gasteiger charge is 2.16. The normalized spacial score (nSPS) is 21.2. The quantitative estimate of drug-likeness (QED) is 0.781. The fourth-order valence-electron chi connectivity index (χ4n) is 2.76. The van der Waals surface area contributed by atoms with Crippen LogP contribution in [-0.2, 0) is 19.3 Å². The minimum Gasteiger partial charge on any atom is -0.147 e. The fourth-order valence-corrected chi connectivity index (χ4v) is 5.67. The Morgan fingerprint density at radius 2 is 1.71 bits per heavy atom. The van der Waals surface area contributed by atoms with Gasteiger partial charge < -0.3 is 0 Å². The van der Waals surface area contributed by atoms with Gasteiger partial charge in [0, 0.05) is 0 Å². The van der Waals surface area contributed by atoms with E-state index < -0.39 is 0 Å². The summed E-state index contributed by atoms with van der Waals surface area (Å²) in [5.41, 5.74) is 4.82. The Balaban J connectivity index is 1.70. The maximum atomic E-state index is 2.49. The van der Waals surface area contributed by atoms with Crippen LogP contribution in [0, 0.1) is 0 Å². The molecule has 0 nitrogen and oxygen atoms in total. The molecule has 1 aliphatic carbocycles. The third-order valence-electron chi connectivity index (χ3n) is 3.71. The zero-order chi connectivity index (χ0) is 11.5. The SMILES string of the molecule is c1cc2c(cc1CC1SCCCS1)CCCC2. The molecule has 92 valence electrons. The first kappa shape index (κ1) is 12.0. The van der Waals surface area contributed by atoms with Crippen molar-refractivity contribution in [3.63, 3.8) is 0 Å². The van der Waals surface area contributed by atoms with Gasteiger partial charge in [-0.3, -0.25) is 0 Å². The smallest absolute Gasteiger partial charge is 0.0542 e. The number of thioether (sulfide) groups is 2. The van der Waals surface area contributed by atoms with Crippen LogP contribution in [-0.4, -0.2) is 16.1 Å². The molecule has 0 spiro atoms. The Bertz CT molecular complexity index is 381. The molecule has 0 bridgehead atoms. The number of hydrogen-bond acceptors (Lipinski definition) is 2. The molecule has 1 saturated heterocycles. The van der Waals surface area contributed by atoms with E-state index in [4.69, 9.17) is 0 Å². The van der Waals surface area contributed by atoms with Gasteiger partial charge in [-0.05, 0) is 66.7 Å². The lowest BCUT2D eigenvalue weighted by Gasteiger charge is -2.22. The van der Waals surface area contributed by atoms with Crippen molar-refractivity contribution in [2.45, 2.75) is 43.1 Å². The average molecular weight is 264 g/mol. The highest BCUT2D eigenvalue weighted by atomic mass is 32.2. The molecule has 0 saturated carbocycles. The molecule has 0 aromatic heterocycles. The van der Waals surface area contributed by atoms with Crippen molar-refractivity contribution in [3.05, 3.63) is 34.9 Å². The van der Waals surface area contributed by atoms with E-state index in [-0.39, 0.29) is 0 Å². The molecular formula is C15H20S2. The maximum Gasteiger partial charge on any atom is 0.0542 e. The first-order valence-electron chi connectivity index (χ1n) is 6.76. The van der Waals surface area contributed by atoms with Gasteiger partial charge in [0.15, 0.2) is 0 Å². The van der Waals surface area contributed by atoms with Crippen molar-refractivity contribution in [2.75, 3.05) is 11.5 Å². The van der Waals surface area contributed by atoms with E-state index in [1.165, 1.54) is 50.0 Å². The zero-order valence-electron chi connectivity index (χ0n) is 10.3. The van der Waals surface area contributed by atoms with E-state index in [1.54, 1.807) is 16.7 Å². The van der Waals surface area contributed by atoms with Gasteiger partial charge in [0.25, 0.3) is 0 Å². The summed E-state index contributed by atoms with van der Waals surface area (Å²) in [6, 6.07) is 7.26. The molecule has 0 unspecified atom stereocenters. The Labute approximate surface area is 113 Å². The topological polar surface area (TPSA) is 0 Å². The van der Waals surface area contributed by atoms with E-state index >= 15 is 0 Å². The van der Waals surface area contributed by atoms with Crippen LogP contribution in [0.25, 0.3) is 0 Å². The fraction of sp³-hybridized carbons (Fsp3) is 0.600. The predicted molar refractivity (Wildman–Crippen MR) is 80.1 cm³/mol. The number of fused-ring (bicyclic) bond motifs is 1. The van der Waals surface area contributed by atoms with Crippen LogP contribution in [0.2, 0.25) is 0 Å². The number of rotatable bonds is 2. The van der Waals surface area contributed by atoms with Gasteiger partial charge in [-0.25, -0.2) is 0 Å². The first-order chi connectivity index (χ1) is 8.42. The van der Waals surface area contributed by atoms with Gasteiger partial charge in [-0.2, -0.15) is 0 Å². The summed E-state index contributed by atoms with van der Waals surface area (Å²) in [5.74, 6) is 2.73. The van der Waals surface area contributed by atoms with Crippen LogP contribution in [0.3, 0.4) is 0 Å². The molecule has 2 heteroatoms. The molecule has 0 radical (unpaired) electrons. The third kappa shape index (κ3) is 3.03. The first-order valence-corrected chi connectivity index (χ1v) is 8.85. The molecule has 0 atom stereocenters. The summed E-state index contributed by atoms with van der Waals surface area (Å²) in [6.07, 6.45) is 8.07. The number of benzene rings is 1. The number of aryl methyl sites for hydroxylation is 2. The van der Waals surface area contributed by atoms with Gasteiger partial charge in [-0.15, -0.1) is 23.5 Å². The van der Waals surface area contributed by atoms with E-state index in [0.717, 1.165) is 4.58 Å². The average Bonchev–Trinajstić information content (AvgIpc) is 2.40. The minimum absolute atomic E-state index is 0.811. The van der Waals surface area contributed by atoms with E-state index in [1.807, 2.05) is 0 Å². The standard InChI is InChI=1S/C15H20S2/c1-2-5-14-10-12(6-7-13(14)4-1)11-15-16-8-3-9-17-15/h6-7,10,15H,1-5,8-9,11H2. The Hall–Kier alpha value is -0.0800. The lowest BCUT2D eigenvalue weighted by Crippen LogP contribution is -2.10. The van der Waals surface area contributed by atoms with Gasteiger partial charge >= 0.3 is 0 Å². The second-order valence-corrected chi connectivity index (χ2v) is 7.96. The lowest BCUT2D eigenvalue weighted by atomic mass is 9.90. The van der Waals surface area contributed by atoms with Crippen molar-refractivity contribution in [2.24, 2.45) is 0 Å². The summed E-state index contributed by atoms with van der Waals surface area (Å²) < 4.78 is 0.811. The van der Waals surface area contributed by atoms with Crippen molar-refractivity contribution < 1.29 is 0 Å². The Morgan fingerprint density at radius 3 is 2.53 bits per heavy atom. The van der Waals surface area contributed by atoms with E-state index in [0.29, 0.717) is 0 Å². The molecular weight excluding hydrogens is 244 g/mol. The predicted octanol–water partition coefficient (Wildman–Crippen LogP) is 4.30. The minimum atomic E-state index is 0.811. The van der Waals surface area contributed by atoms with Gasteiger partial charge in [0.05, 0.1) is 4.58 Å². The number of hydrogen-bond donors (Lipinski definition) is 0. The van der Waals surface area contributed by atoms with Gasteiger partial charge in [0.1, 0.15) is 0 Å². The van der Waals surface area contributed by atoms with Crippen LogP contribution in [0.4, 0.5) is 0 Å². The molecule has 1 heterocycles.